The highest BCUT2D eigenvalue weighted by Gasteiger charge is 2.15. The molecule has 0 amide bonds. The van der Waals surface area contributed by atoms with E-state index in [1.54, 1.807) is 13.0 Å². The summed E-state index contributed by atoms with van der Waals surface area (Å²) >= 11 is 0. The van der Waals surface area contributed by atoms with Crippen LogP contribution >= 0.6 is 0 Å². The van der Waals surface area contributed by atoms with Gasteiger partial charge in [0.1, 0.15) is 11.9 Å². The first kappa shape index (κ1) is 13.6. The minimum atomic E-state index is -3.33. The van der Waals surface area contributed by atoms with Crippen LogP contribution in [-0.4, -0.2) is 20.2 Å². The van der Waals surface area contributed by atoms with Crippen LogP contribution in [0.4, 0.5) is 4.39 Å². The number of nitrogens with two attached hydrogens (primary N) is 1. The molecule has 1 rings (SSSR count). The summed E-state index contributed by atoms with van der Waals surface area (Å²) in [6, 6.07) is 4.91. The van der Waals surface area contributed by atoms with Gasteiger partial charge in [-0.2, -0.15) is 5.26 Å². The fraction of sp³-hybridized carbons (Fsp3) is 0.364. The van der Waals surface area contributed by atoms with Crippen molar-refractivity contribution in [3.8, 4) is 6.07 Å². The summed E-state index contributed by atoms with van der Waals surface area (Å²) in [6.07, 6.45) is 0. The maximum Gasteiger partial charge on any atom is 0.155 e. The number of rotatable bonds is 4. The van der Waals surface area contributed by atoms with Crippen molar-refractivity contribution in [3.05, 3.63) is 35.1 Å². The summed E-state index contributed by atoms with van der Waals surface area (Å²) in [5, 5.41) is 8.63. The molecule has 1 aromatic carbocycles. The molecule has 0 aliphatic rings. The summed E-state index contributed by atoms with van der Waals surface area (Å²) in [5.41, 5.74) is 5.66. The van der Waals surface area contributed by atoms with Crippen molar-refractivity contribution in [3.63, 3.8) is 0 Å². The number of hydrogen-bond donors (Lipinski definition) is 1. The fourth-order valence-corrected chi connectivity index (χ4v) is 3.07. The van der Waals surface area contributed by atoms with Gasteiger partial charge < -0.3 is 5.73 Å². The molecule has 0 heterocycles. The molecule has 0 fully saturated rings. The van der Waals surface area contributed by atoms with Gasteiger partial charge in [0.05, 0.1) is 17.1 Å². The minimum Gasteiger partial charge on any atom is -0.327 e. The van der Waals surface area contributed by atoms with Crippen LogP contribution in [0, 0.1) is 17.1 Å². The molecular formula is C11H13FN2O2S. The van der Waals surface area contributed by atoms with Crippen LogP contribution in [0.3, 0.4) is 0 Å². The van der Waals surface area contributed by atoms with E-state index in [1.807, 2.05) is 0 Å². The van der Waals surface area contributed by atoms with Crippen LogP contribution < -0.4 is 5.73 Å². The Labute approximate surface area is 99.8 Å². The molecule has 0 spiro atoms. The van der Waals surface area contributed by atoms with Crippen LogP contribution in [0.25, 0.3) is 0 Å². The first-order valence-corrected chi connectivity index (χ1v) is 6.81. The molecule has 2 N–H and O–H groups in total. The number of halogens is 1. The minimum absolute atomic E-state index is 0.133. The molecule has 0 aromatic heterocycles. The Bertz CT molecular complexity index is 547. The second kappa shape index (κ2) is 5.25. The average molecular weight is 256 g/mol. The summed E-state index contributed by atoms with van der Waals surface area (Å²) in [5.74, 6) is -1.02. The van der Waals surface area contributed by atoms with E-state index in [2.05, 4.69) is 0 Å². The Balaban J connectivity index is 2.94. The van der Waals surface area contributed by atoms with E-state index in [1.165, 1.54) is 12.1 Å². The number of nitrogens with zero attached hydrogens (tertiary/aromatic N) is 1. The first-order chi connectivity index (χ1) is 7.84. The van der Waals surface area contributed by atoms with Gasteiger partial charge in [-0.1, -0.05) is 6.07 Å². The SMILES string of the molecule is CC(N)CS(=O)(=O)Cc1ccc(F)c(C#N)c1. The van der Waals surface area contributed by atoms with Crippen LogP contribution in [-0.2, 0) is 15.6 Å². The van der Waals surface area contributed by atoms with Gasteiger partial charge in [-0.25, -0.2) is 12.8 Å². The molecule has 6 heteroatoms. The second-order valence-electron chi connectivity index (χ2n) is 3.96. The van der Waals surface area contributed by atoms with Crippen molar-refractivity contribution >= 4 is 9.84 Å². The third kappa shape index (κ3) is 4.13. The summed E-state index contributed by atoms with van der Waals surface area (Å²) in [4.78, 5) is 0. The van der Waals surface area contributed by atoms with Gasteiger partial charge in [0.15, 0.2) is 9.84 Å². The molecule has 92 valence electrons. The van der Waals surface area contributed by atoms with E-state index >= 15 is 0 Å². The van der Waals surface area contributed by atoms with Crippen LogP contribution in [0.15, 0.2) is 18.2 Å². The number of nitriles is 1. The summed E-state index contributed by atoms with van der Waals surface area (Å²) in [7, 11) is -3.33. The van der Waals surface area contributed by atoms with Crippen molar-refractivity contribution < 1.29 is 12.8 Å². The van der Waals surface area contributed by atoms with Crippen molar-refractivity contribution in [1.29, 1.82) is 5.26 Å². The Morgan fingerprint density at radius 1 is 1.53 bits per heavy atom. The normalized spacial score (nSPS) is 13.1. The Morgan fingerprint density at radius 2 is 2.18 bits per heavy atom. The number of sulfone groups is 1. The molecule has 1 atom stereocenters. The van der Waals surface area contributed by atoms with Gasteiger partial charge in [-0.05, 0) is 24.6 Å². The number of benzene rings is 1. The molecule has 0 radical (unpaired) electrons. The van der Waals surface area contributed by atoms with E-state index in [9.17, 15) is 12.8 Å². The topological polar surface area (TPSA) is 84.0 Å². The molecule has 1 unspecified atom stereocenters. The maximum absolute atomic E-state index is 13.0. The lowest BCUT2D eigenvalue weighted by atomic mass is 10.1. The molecule has 4 nitrogen and oxygen atoms in total. The molecule has 0 bridgehead atoms. The zero-order valence-corrected chi connectivity index (χ0v) is 10.2. The molecule has 0 saturated carbocycles. The monoisotopic (exact) mass is 256 g/mol. The number of hydrogen-bond acceptors (Lipinski definition) is 4. The Morgan fingerprint density at radius 3 is 2.71 bits per heavy atom. The highest BCUT2D eigenvalue weighted by molar-refractivity contribution is 7.90. The van der Waals surface area contributed by atoms with E-state index in [-0.39, 0.29) is 17.1 Å². The van der Waals surface area contributed by atoms with Gasteiger partial charge in [0.2, 0.25) is 0 Å². The third-order valence-corrected chi connectivity index (χ3v) is 3.86. The molecule has 0 aliphatic carbocycles. The van der Waals surface area contributed by atoms with E-state index < -0.39 is 21.7 Å². The smallest absolute Gasteiger partial charge is 0.155 e. The van der Waals surface area contributed by atoms with Gasteiger partial charge in [0.25, 0.3) is 0 Å². The zero-order valence-electron chi connectivity index (χ0n) is 9.35. The van der Waals surface area contributed by atoms with Crippen molar-refractivity contribution in [2.24, 2.45) is 5.73 Å². The molecule has 1 aromatic rings. The predicted molar refractivity (Wildman–Crippen MR) is 62.3 cm³/mol. The highest BCUT2D eigenvalue weighted by Crippen LogP contribution is 2.13. The van der Waals surface area contributed by atoms with Crippen LogP contribution in [0.1, 0.15) is 18.1 Å². The lowest BCUT2D eigenvalue weighted by Gasteiger charge is -2.07. The van der Waals surface area contributed by atoms with Crippen LogP contribution in [0.5, 0.6) is 0 Å². The van der Waals surface area contributed by atoms with E-state index in [4.69, 9.17) is 11.0 Å². The summed E-state index contributed by atoms with van der Waals surface area (Å²) < 4.78 is 36.3. The first-order valence-electron chi connectivity index (χ1n) is 4.98. The second-order valence-corrected chi connectivity index (χ2v) is 6.07. The molecule has 17 heavy (non-hydrogen) atoms. The fourth-order valence-electron chi connectivity index (χ4n) is 1.46. The Hall–Kier alpha value is -1.45. The lowest BCUT2D eigenvalue weighted by Crippen LogP contribution is -2.27. The van der Waals surface area contributed by atoms with Gasteiger partial charge in [0, 0.05) is 6.04 Å². The average Bonchev–Trinajstić information content (AvgIpc) is 2.18. The zero-order chi connectivity index (χ0) is 13.1. The van der Waals surface area contributed by atoms with Crippen molar-refractivity contribution in [2.75, 3.05) is 5.75 Å². The van der Waals surface area contributed by atoms with Crippen molar-refractivity contribution in [2.45, 2.75) is 18.7 Å². The van der Waals surface area contributed by atoms with E-state index in [0.717, 1.165) is 6.07 Å². The third-order valence-electron chi connectivity index (χ3n) is 2.05. The van der Waals surface area contributed by atoms with E-state index in [0.29, 0.717) is 5.56 Å². The standard InChI is InChI=1S/C11H13FN2O2S/c1-8(14)6-17(15,16)7-9-2-3-11(12)10(4-9)5-13/h2-4,8H,6-7,14H2,1H3. The maximum atomic E-state index is 13.0. The Kier molecular flexibility index (Phi) is 4.21. The summed E-state index contributed by atoms with van der Waals surface area (Å²) in [6.45, 7) is 1.60. The van der Waals surface area contributed by atoms with Crippen molar-refractivity contribution in [1.82, 2.24) is 0 Å². The quantitative estimate of drug-likeness (QED) is 0.869. The molecule has 0 saturated heterocycles. The predicted octanol–water partition coefficient (Wildman–Crippen LogP) is 0.959. The van der Waals surface area contributed by atoms with Gasteiger partial charge in [-0.15, -0.1) is 0 Å². The van der Waals surface area contributed by atoms with Gasteiger partial charge >= 0.3 is 0 Å². The molecular weight excluding hydrogens is 243 g/mol. The highest BCUT2D eigenvalue weighted by atomic mass is 32.2. The lowest BCUT2D eigenvalue weighted by molar-refractivity contribution is 0.589. The largest absolute Gasteiger partial charge is 0.327 e. The van der Waals surface area contributed by atoms with Crippen LogP contribution in [0.2, 0.25) is 0 Å². The van der Waals surface area contributed by atoms with Gasteiger partial charge in [-0.3, -0.25) is 0 Å². The molecule has 0 aliphatic heterocycles.